The first-order valence-corrected chi connectivity index (χ1v) is 17.2. The Balaban J connectivity index is 1.15. The zero-order chi connectivity index (χ0) is 35.9. The number of carbonyl (C=O) groups excluding carboxylic acids is 1. The number of likely N-dealkylation sites (tertiary alicyclic amines) is 2. The fourth-order valence-electron chi connectivity index (χ4n) is 8.03. The smallest absolute Gasteiger partial charge is 0.390 e. The third-order valence-electron chi connectivity index (χ3n) is 10.6. The first-order chi connectivity index (χ1) is 24.4. The Bertz CT molecular complexity index is 1890. The minimum absolute atomic E-state index is 0.0525. The van der Waals surface area contributed by atoms with Crippen molar-refractivity contribution in [1.29, 1.82) is 0 Å². The lowest BCUT2D eigenvalue weighted by atomic mass is 9.87. The van der Waals surface area contributed by atoms with Gasteiger partial charge in [0.25, 0.3) is 5.91 Å². The van der Waals surface area contributed by atoms with Gasteiger partial charge in [0.15, 0.2) is 0 Å². The molecule has 51 heavy (non-hydrogen) atoms. The molecule has 6 nitrogen and oxygen atoms in total. The van der Waals surface area contributed by atoms with Crippen LogP contribution in [0.5, 0.6) is 0 Å². The van der Waals surface area contributed by atoms with Crippen molar-refractivity contribution >= 4 is 11.5 Å². The van der Waals surface area contributed by atoms with Crippen LogP contribution in [0.25, 0.3) is 5.57 Å². The molecule has 4 heterocycles. The number of hydrogen-bond acceptors (Lipinski definition) is 4. The van der Waals surface area contributed by atoms with E-state index < -0.39 is 41.0 Å². The average Bonchev–Trinajstić information content (AvgIpc) is 3.45. The van der Waals surface area contributed by atoms with E-state index in [1.165, 1.54) is 16.0 Å². The summed E-state index contributed by atoms with van der Waals surface area (Å²) in [5.41, 5.74) is 2.89. The largest absolute Gasteiger partial charge is 0.416 e. The molecular formula is C39H38F6N4O2. The Morgan fingerprint density at radius 1 is 0.824 bits per heavy atom. The zero-order valence-electron chi connectivity index (χ0n) is 27.9. The summed E-state index contributed by atoms with van der Waals surface area (Å²) in [6, 6.07) is 18.5. The summed E-state index contributed by atoms with van der Waals surface area (Å²) in [6.45, 7) is 2.35. The van der Waals surface area contributed by atoms with Gasteiger partial charge in [0, 0.05) is 49.4 Å². The SMILES string of the molecule is O=C(c1cc(C(F)(F)F)cc(C(F)(F)F)c1)N1CCC(N2CCC(=C3c4ccccc4CCn4c(CO)cnc43)CC2)CC1Cc1ccccc1. The number of nitrogens with zero attached hydrogens (tertiary/aromatic N) is 4. The van der Waals surface area contributed by atoms with Crippen LogP contribution in [0.4, 0.5) is 26.3 Å². The molecule has 2 atom stereocenters. The van der Waals surface area contributed by atoms with E-state index in [9.17, 15) is 36.2 Å². The van der Waals surface area contributed by atoms with E-state index in [2.05, 4.69) is 21.6 Å². The molecule has 2 saturated heterocycles. The van der Waals surface area contributed by atoms with Crippen LogP contribution in [0.2, 0.25) is 0 Å². The number of imidazole rings is 1. The van der Waals surface area contributed by atoms with Gasteiger partial charge in [-0.1, -0.05) is 60.2 Å². The number of aryl methyl sites for hydroxylation is 1. The molecule has 12 heteroatoms. The molecule has 0 radical (unpaired) electrons. The summed E-state index contributed by atoms with van der Waals surface area (Å²) in [7, 11) is 0. The molecule has 2 unspecified atom stereocenters. The predicted octanol–water partition coefficient (Wildman–Crippen LogP) is 7.78. The van der Waals surface area contributed by atoms with E-state index in [1.807, 2.05) is 42.5 Å². The highest BCUT2D eigenvalue weighted by molar-refractivity contribution is 5.95. The summed E-state index contributed by atoms with van der Waals surface area (Å²) >= 11 is 0. The van der Waals surface area contributed by atoms with Gasteiger partial charge < -0.3 is 14.6 Å². The van der Waals surface area contributed by atoms with Gasteiger partial charge >= 0.3 is 12.4 Å². The standard InChI is InChI=1S/C39H38F6N4O2/c40-38(41,42)29-19-28(20-30(21-29)39(43,44)45)37(51)49-17-13-31(22-32(49)18-25-6-2-1-3-7-25)47-14-10-27(11-15-47)35-34-9-5-4-8-26(34)12-16-48-33(24-50)23-46-36(35)48/h1-9,19-21,23,31-32,50H,10-18,22,24H2. The van der Waals surface area contributed by atoms with Crippen LogP contribution in [0, 0.1) is 0 Å². The van der Waals surface area contributed by atoms with Crippen molar-refractivity contribution in [2.45, 2.75) is 76.1 Å². The first-order valence-electron chi connectivity index (χ1n) is 17.2. The van der Waals surface area contributed by atoms with Crippen LogP contribution < -0.4 is 0 Å². The number of aliphatic hydroxyl groups excluding tert-OH is 1. The van der Waals surface area contributed by atoms with Crippen LogP contribution in [0.1, 0.15) is 75.4 Å². The molecule has 0 aliphatic carbocycles. The number of halogens is 6. The lowest BCUT2D eigenvalue weighted by Crippen LogP contribution is -2.53. The van der Waals surface area contributed by atoms with Crippen molar-refractivity contribution in [3.63, 3.8) is 0 Å². The van der Waals surface area contributed by atoms with Crippen molar-refractivity contribution in [3.8, 4) is 0 Å². The number of aliphatic hydroxyl groups is 1. The molecule has 1 aromatic heterocycles. The molecule has 3 aliphatic rings. The molecule has 3 aliphatic heterocycles. The molecular weight excluding hydrogens is 670 g/mol. The third-order valence-corrected chi connectivity index (χ3v) is 10.6. The van der Waals surface area contributed by atoms with Gasteiger partial charge in [0.1, 0.15) is 5.82 Å². The molecule has 0 bridgehead atoms. The third kappa shape index (κ3) is 7.21. The minimum Gasteiger partial charge on any atom is -0.390 e. The van der Waals surface area contributed by atoms with E-state index >= 15 is 0 Å². The van der Waals surface area contributed by atoms with Crippen molar-refractivity contribution in [2.24, 2.45) is 0 Å². The number of alkyl halides is 6. The Labute approximate surface area is 292 Å². The van der Waals surface area contributed by atoms with Crippen molar-refractivity contribution in [1.82, 2.24) is 19.4 Å². The lowest BCUT2D eigenvalue weighted by Gasteiger charge is -2.45. The van der Waals surface area contributed by atoms with Gasteiger partial charge in [-0.05, 0) is 73.4 Å². The number of carbonyl (C=O) groups is 1. The summed E-state index contributed by atoms with van der Waals surface area (Å²) < 4.78 is 84.2. The van der Waals surface area contributed by atoms with Crippen LogP contribution in [0.15, 0.2) is 84.6 Å². The Morgan fingerprint density at radius 3 is 2.16 bits per heavy atom. The van der Waals surface area contributed by atoms with Gasteiger partial charge in [-0.15, -0.1) is 0 Å². The van der Waals surface area contributed by atoms with Crippen LogP contribution in [-0.4, -0.2) is 62.1 Å². The molecule has 0 spiro atoms. The Morgan fingerprint density at radius 2 is 1.49 bits per heavy atom. The topological polar surface area (TPSA) is 61.6 Å². The van der Waals surface area contributed by atoms with Gasteiger partial charge in [0.2, 0.25) is 0 Å². The molecule has 7 rings (SSSR count). The molecule has 0 saturated carbocycles. The van der Waals surface area contributed by atoms with Gasteiger partial charge in [0.05, 0.1) is 29.6 Å². The maximum atomic E-state index is 13.9. The number of rotatable bonds is 5. The predicted molar refractivity (Wildman–Crippen MR) is 180 cm³/mol. The highest BCUT2D eigenvalue weighted by atomic mass is 19.4. The molecule has 268 valence electrons. The highest BCUT2D eigenvalue weighted by Gasteiger charge is 2.40. The van der Waals surface area contributed by atoms with Crippen LogP contribution >= 0.6 is 0 Å². The molecule has 1 N–H and O–H groups in total. The summed E-state index contributed by atoms with van der Waals surface area (Å²) in [6.07, 6.45) is -4.45. The summed E-state index contributed by atoms with van der Waals surface area (Å²) in [5.74, 6) is 0.0342. The second-order valence-corrected chi connectivity index (χ2v) is 13.6. The van der Waals surface area contributed by atoms with Crippen LogP contribution in [0.3, 0.4) is 0 Å². The molecule has 1 amide bonds. The second-order valence-electron chi connectivity index (χ2n) is 13.6. The van der Waals surface area contributed by atoms with E-state index in [1.54, 1.807) is 6.20 Å². The zero-order valence-corrected chi connectivity index (χ0v) is 27.9. The van der Waals surface area contributed by atoms with Gasteiger partial charge in [-0.3, -0.25) is 9.69 Å². The first kappa shape index (κ1) is 35.0. The summed E-state index contributed by atoms with van der Waals surface area (Å²) in [5, 5.41) is 9.99. The number of aromatic nitrogens is 2. The van der Waals surface area contributed by atoms with E-state index in [-0.39, 0.29) is 25.3 Å². The van der Waals surface area contributed by atoms with Crippen molar-refractivity contribution in [2.75, 3.05) is 19.6 Å². The quantitative estimate of drug-likeness (QED) is 0.215. The van der Waals surface area contributed by atoms with E-state index in [0.29, 0.717) is 31.4 Å². The summed E-state index contributed by atoms with van der Waals surface area (Å²) in [4.78, 5) is 22.5. The second kappa shape index (κ2) is 14.0. The lowest BCUT2D eigenvalue weighted by molar-refractivity contribution is -0.143. The molecule has 3 aromatic carbocycles. The van der Waals surface area contributed by atoms with Gasteiger partial charge in [-0.25, -0.2) is 4.98 Å². The number of benzene rings is 3. The normalized spacial score (nSPS) is 20.2. The monoisotopic (exact) mass is 708 g/mol. The highest BCUT2D eigenvalue weighted by Crippen LogP contribution is 2.39. The number of fused-ring (bicyclic) bond motifs is 2. The van der Waals surface area contributed by atoms with Gasteiger partial charge in [-0.2, -0.15) is 26.3 Å². The van der Waals surface area contributed by atoms with Crippen LogP contribution in [-0.2, 0) is 38.3 Å². The maximum Gasteiger partial charge on any atom is 0.416 e. The fourth-order valence-corrected chi connectivity index (χ4v) is 8.03. The van der Waals surface area contributed by atoms with Crippen molar-refractivity contribution in [3.05, 3.63) is 129 Å². The Kier molecular flexibility index (Phi) is 9.57. The van der Waals surface area contributed by atoms with E-state index in [0.717, 1.165) is 67.1 Å². The molecule has 2 fully saturated rings. The molecule has 4 aromatic rings. The minimum atomic E-state index is -5.05. The Hall–Kier alpha value is -4.42. The fraction of sp³-hybridized carbons (Fsp3) is 0.385. The maximum absolute atomic E-state index is 13.9. The average molecular weight is 709 g/mol. The number of amides is 1. The van der Waals surface area contributed by atoms with E-state index in [4.69, 9.17) is 4.98 Å². The number of hydrogen-bond donors (Lipinski definition) is 1. The van der Waals surface area contributed by atoms with Crippen molar-refractivity contribution < 1.29 is 36.2 Å². The number of piperidine rings is 2.